The molecule has 20 heavy (non-hydrogen) atoms. The van der Waals surface area contributed by atoms with Gasteiger partial charge in [-0.1, -0.05) is 6.92 Å². The van der Waals surface area contributed by atoms with Crippen LogP contribution in [0.2, 0.25) is 0 Å². The van der Waals surface area contributed by atoms with Crippen LogP contribution in [0.1, 0.15) is 32.6 Å². The van der Waals surface area contributed by atoms with Gasteiger partial charge in [0.15, 0.2) is 0 Å². The molecule has 2 aliphatic heterocycles. The van der Waals surface area contributed by atoms with E-state index in [1.54, 1.807) is 0 Å². The van der Waals surface area contributed by atoms with Crippen molar-refractivity contribution in [3.8, 4) is 0 Å². The zero-order chi connectivity index (χ0) is 14.7. The molecular weight excluding hydrogens is 262 g/mol. The van der Waals surface area contributed by atoms with Crippen LogP contribution in [0.15, 0.2) is 0 Å². The SMILES string of the molecule is CC12CC1CC(=O)NC2=O.NC12CC1CC(=O)NC2=O. The number of imide groups is 2. The van der Waals surface area contributed by atoms with Crippen LogP contribution in [-0.2, 0) is 19.2 Å². The number of carbonyl (C=O) groups is 4. The van der Waals surface area contributed by atoms with Gasteiger partial charge in [0.05, 0.1) is 11.0 Å². The van der Waals surface area contributed by atoms with Crippen molar-refractivity contribution in [3.05, 3.63) is 0 Å². The summed E-state index contributed by atoms with van der Waals surface area (Å²) in [7, 11) is 0. The van der Waals surface area contributed by atoms with Gasteiger partial charge in [-0.25, -0.2) is 0 Å². The summed E-state index contributed by atoms with van der Waals surface area (Å²) in [6.07, 6.45) is 2.53. The van der Waals surface area contributed by atoms with Gasteiger partial charge in [0.2, 0.25) is 23.6 Å². The Kier molecular flexibility index (Phi) is 2.57. The Balaban J connectivity index is 0.000000121. The molecule has 0 radical (unpaired) electrons. The number of fused-ring (bicyclic) bond motifs is 2. The van der Waals surface area contributed by atoms with Gasteiger partial charge in [0.1, 0.15) is 0 Å². The molecule has 7 nitrogen and oxygen atoms in total. The van der Waals surface area contributed by atoms with Gasteiger partial charge in [-0.05, 0) is 24.7 Å². The van der Waals surface area contributed by atoms with Gasteiger partial charge in [-0.3, -0.25) is 29.8 Å². The molecule has 2 aliphatic carbocycles. The maximum absolute atomic E-state index is 11.0. The highest BCUT2D eigenvalue weighted by Crippen LogP contribution is 2.55. The molecule has 108 valence electrons. The summed E-state index contributed by atoms with van der Waals surface area (Å²) in [6, 6.07) is 0. The zero-order valence-corrected chi connectivity index (χ0v) is 11.2. The van der Waals surface area contributed by atoms with Crippen molar-refractivity contribution in [2.24, 2.45) is 23.0 Å². The fourth-order valence-electron chi connectivity index (χ4n) is 2.97. The zero-order valence-electron chi connectivity index (χ0n) is 11.2. The molecule has 0 aromatic carbocycles. The molecule has 4 atom stereocenters. The predicted molar refractivity (Wildman–Crippen MR) is 66.8 cm³/mol. The third-order valence-electron chi connectivity index (χ3n) is 4.87. The summed E-state index contributed by atoms with van der Waals surface area (Å²) in [5, 5.41) is 4.54. The van der Waals surface area contributed by atoms with E-state index in [-0.39, 0.29) is 35.0 Å². The van der Waals surface area contributed by atoms with Crippen molar-refractivity contribution in [3.63, 3.8) is 0 Å². The summed E-state index contributed by atoms with van der Waals surface area (Å²) >= 11 is 0. The predicted octanol–water partition coefficient (Wildman–Crippen LogP) is -1.19. The second-order valence-electron chi connectivity index (χ2n) is 6.42. The van der Waals surface area contributed by atoms with E-state index in [0.717, 1.165) is 6.42 Å². The number of carbonyl (C=O) groups excluding carboxylic acids is 4. The molecule has 4 fully saturated rings. The van der Waals surface area contributed by atoms with Crippen molar-refractivity contribution >= 4 is 23.6 Å². The van der Waals surface area contributed by atoms with Gasteiger partial charge < -0.3 is 5.73 Å². The van der Waals surface area contributed by atoms with E-state index < -0.39 is 5.54 Å². The van der Waals surface area contributed by atoms with Crippen LogP contribution in [0.3, 0.4) is 0 Å². The highest BCUT2D eigenvalue weighted by atomic mass is 16.2. The molecule has 2 saturated heterocycles. The van der Waals surface area contributed by atoms with E-state index in [1.165, 1.54) is 0 Å². The summed E-state index contributed by atoms with van der Waals surface area (Å²) in [4.78, 5) is 43.3. The summed E-state index contributed by atoms with van der Waals surface area (Å²) in [5.74, 6) is -0.205. The van der Waals surface area contributed by atoms with Gasteiger partial charge in [-0.15, -0.1) is 0 Å². The molecule has 0 aromatic heterocycles. The molecule has 0 bridgehead atoms. The molecule has 7 heteroatoms. The Morgan fingerprint density at radius 2 is 1.50 bits per heavy atom. The van der Waals surface area contributed by atoms with Crippen LogP contribution < -0.4 is 16.4 Å². The van der Waals surface area contributed by atoms with Crippen LogP contribution in [0, 0.1) is 17.3 Å². The third-order valence-corrected chi connectivity index (χ3v) is 4.87. The fraction of sp³-hybridized carbons (Fsp3) is 0.692. The van der Waals surface area contributed by atoms with E-state index in [4.69, 9.17) is 5.73 Å². The Morgan fingerprint density at radius 3 is 2.05 bits per heavy atom. The van der Waals surface area contributed by atoms with Crippen molar-refractivity contribution < 1.29 is 19.2 Å². The lowest BCUT2D eigenvalue weighted by atomic mass is 10.0. The van der Waals surface area contributed by atoms with Crippen LogP contribution in [0.4, 0.5) is 0 Å². The number of nitrogens with two attached hydrogens (primary N) is 1. The fourth-order valence-corrected chi connectivity index (χ4v) is 2.97. The first-order valence-electron chi connectivity index (χ1n) is 6.73. The molecule has 2 heterocycles. The van der Waals surface area contributed by atoms with Crippen LogP contribution in [0.5, 0.6) is 0 Å². The maximum Gasteiger partial charge on any atom is 0.246 e. The summed E-state index contributed by atoms with van der Waals surface area (Å²) < 4.78 is 0. The smallest absolute Gasteiger partial charge is 0.246 e. The number of nitrogens with one attached hydrogen (secondary N) is 2. The third kappa shape index (κ3) is 1.93. The average Bonchev–Trinajstić information content (AvgIpc) is 3.17. The Hall–Kier alpha value is -1.76. The highest BCUT2D eigenvalue weighted by Gasteiger charge is 2.60. The Bertz CT molecular complexity index is 498. The number of hydrogen-bond acceptors (Lipinski definition) is 5. The largest absolute Gasteiger partial charge is 0.317 e. The Labute approximate surface area is 115 Å². The monoisotopic (exact) mass is 279 g/mol. The minimum Gasteiger partial charge on any atom is -0.317 e. The second kappa shape index (κ2) is 3.88. The molecule has 0 spiro atoms. The average molecular weight is 279 g/mol. The van der Waals surface area contributed by atoms with Crippen LogP contribution in [-0.4, -0.2) is 29.2 Å². The molecule has 4 amide bonds. The molecule has 4 rings (SSSR count). The number of hydrogen-bond donors (Lipinski definition) is 3. The first-order valence-corrected chi connectivity index (χ1v) is 6.73. The minimum absolute atomic E-state index is 0.0752. The first kappa shape index (κ1) is 13.2. The molecule has 4 N–H and O–H groups in total. The van der Waals surface area contributed by atoms with E-state index in [1.807, 2.05) is 6.92 Å². The molecule has 0 aromatic rings. The van der Waals surface area contributed by atoms with Gasteiger partial charge >= 0.3 is 0 Å². The van der Waals surface area contributed by atoms with E-state index in [0.29, 0.717) is 25.2 Å². The van der Waals surface area contributed by atoms with E-state index in [9.17, 15) is 19.2 Å². The lowest BCUT2D eigenvalue weighted by Crippen LogP contribution is -2.50. The van der Waals surface area contributed by atoms with Crippen molar-refractivity contribution in [2.75, 3.05) is 0 Å². The van der Waals surface area contributed by atoms with Gasteiger partial charge in [-0.2, -0.15) is 0 Å². The van der Waals surface area contributed by atoms with Crippen LogP contribution in [0.25, 0.3) is 0 Å². The first-order chi connectivity index (χ1) is 9.25. The molecular formula is C13H17N3O4. The molecule has 4 aliphatic rings. The van der Waals surface area contributed by atoms with Gasteiger partial charge in [0.25, 0.3) is 0 Å². The molecule has 4 unspecified atom stereocenters. The standard InChI is InChI=1S/C7H9NO2.C6H8N2O2/c1-7-3-4(7)2-5(9)8-6(7)10;7-6-2-3(6)1-4(9)8-5(6)10/h4H,2-3H2,1H3,(H,8,9,10);3H,1-2,7H2,(H,8,9,10). The van der Waals surface area contributed by atoms with Crippen molar-refractivity contribution in [2.45, 2.75) is 38.1 Å². The van der Waals surface area contributed by atoms with Crippen molar-refractivity contribution in [1.29, 1.82) is 0 Å². The Morgan fingerprint density at radius 1 is 0.950 bits per heavy atom. The van der Waals surface area contributed by atoms with Crippen LogP contribution >= 0.6 is 0 Å². The quantitative estimate of drug-likeness (QED) is 0.482. The van der Waals surface area contributed by atoms with Crippen molar-refractivity contribution in [1.82, 2.24) is 10.6 Å². The van der Waals surface area contributed by atoms with E-state index in [2.05, 4.69) is 10.6 Å². The topological polar surface area (TPSA) is 118 Å². The number of piperidine rings is 2. The minimum atomic E-state index is -0.687. The number of amides is 4. The summed E-state index contributed by atoms with van der Waals surface area (Å²) in [5.41, 5.74) is 4.72. The van der Waals surface area contributed by atoms with Gasteiger partial charge in [0, 0.05) is 12.8 Å². The lowest BCUT2D eigenvalue weighted by molar-refractivity contribution is -0.137. The molecule has 2 saturated carbocycles. The number of rotatable bonds is 0. The lowest BCUT2D eigenvalue weighted by Gasteiger charge is -2.15. The maximum atomic E-state index is 11.0. The van der Waals surface area contributed by atoms with E-state index >= 15 is 0 Å². The normalized spacial score (nSPS) is 44.3. The highest BCUT2D eigenvalue weighted by molar-refractivity contribution is 6.05. The summed E-state index contributed by atoms with van der Waals surface area (Å²) in [6.45, 7) is 1.92. The second-order valence-corrected chi connectivity index (χ2v) is 6.42.